The van der Waals surface area contributed by atoms with Crippen LogP contribution in [-0.4, -0.2) is 16.1 Å². The SMILES string of the molecule is CC(O)Cc1c(F)cc(N)c([N+](=O)[O-])c1N. The zero-order valence-corrected chi connectivity index (χ0v) is 8.61. The molecule has 88 valence electrons. The van der Waals surface area contributed by atoms with Gasteiger partial charge < -0.3 is 16.6 Å². The molecule has 6 nitrogen and oxygen atoms in total. The molecule has 1 atom stereocenters. The van der Waals surface area contributed by atoms with E-state index in [-0.39, 0.29) is 23.4 Å². The lowest BCUT2D eigenvalue weighted by Gasteiger charge is -2.10. The van der Waals surface area contributed by atoms with Crippen molar-refractivity contribution in [1.29, 1.82) is 0 Å². The number of benzene rings is 1. The molecule has 0 bridgehead atoms. The predicted molar refractivity (Wildman–Crippen MR) is 57.3 cm³/mol. The van der Waals surface area contributed by atoms with E-state index in [0.717, 1.165) is 6.07 Å². The number of nitrogens with zero attached hydrogens (tertiary/aromatic N) is 1. The molecule has 0 heterocycles. The molecular formula is C9H12FN3O3. The van der Waals surface area contributed by atoms with Crippen molar-refractivity contribution >= 4 is 17.1 Å². The van der Waals surface area contributed by atoms with Gasteiger partial charge in [0.05, 0.1) is 11.0 Å². The van der Waals surface area contributed by atoms with Crippen molar-refractivity contribution in [2.45, 2.75) is 19.4 Å². The Labute approximate surface area is 90.8 Å². The second-order valence-electron chi connectivity index (χ2n) is 3.50. The van der Waals surface area contributed by atoms with E-state index in [4.69, 9.17) is 16.6 Å². The van der Waals surface area contributed by atoms with Crippen LogP contribution in [0.4, 0.5) is 21.5 Å². The van der Waals surface area contributed by atoms with Crippen LogP contribution >= 0.6 is 0 Å². The Kier molecular flexibility index (Phi) is 3.28. The van der Waals surface area contributed by atoms with Crippen LogP contribution < -0.4 is 11.5 Å². The largest absolute Gasteiger partial charge is 0.393 e. The number of anilines is 2. The number of halogens is 1. The molecule has 0 aliphatic carbocycles. The predicted octanol–water partition coefficient (Wildman–Crippen LogP) is 0.822. The molecule has 1 aromatic carbocycles. The number of hydrogen-bond donors (Lipinski definition) is 3. The Morgan fingerprint density at radius 2 is 2.19 bits per heavy atom. The average molecular weight is 229 g/mol. The molecule has 5 N–H and O–H groups in total. The highest BCUT2D eigenvalue weighted by atomic mass is 19.1. The first kappa shape index (κ1) is 12.2. The van der Waals surface area contributed by atoms with Crippen LogP contribution in [0.5, 0.6) is 0 Å². The molecule has 0 fully saturated rings. The van der Waals surface area contributed by atoms with Crippen LogP contribution in [-0.2, 0) is 6.42 Å². The summed E-state index contributed by atoms with van der Waals surface area (Å²) in [5.74, 6) is -0.749. The second kappa shape index (κ2) is 4.31. The minimum atomic E-state index is -0.847. The molecule has 7 heteroatoms. The maximum atomic E-state index is 13.4. The molecule has 0 saturated carbocycles. The number of aliphatic hydroxyl groups excluding tert-OH is 1. The Hall–Kier alpha value is -1.89. The second-order valence-corrected chi connectivity index (χ2v) is 3.50. The lowest BCUT2D eigenvalue weighted by molar-refractivity contribution is -0.383. The van der Waals surface area contributed by atoms with Gasteiger partial charge in [0, 0.05) is 18.1 Å². The van der Waals surface area contributed by atoms with Crippen molar-refractivity contribution < 1.29 is 14.4 Å². The molecule has 1 rings (SSSR count). The molecule has 1 aromatic rings. The summed E-state index contributed by atoms with van der Waals surface area (Å²) in [5.41, 5.74) is 9.50. The van der Waals surface area contributed by atoms with E-state index in [2.05, 4.69) is 0 Å². The Morgan fingerprint density at radius 1 is 1.62 bits per heavy atom. The summed E-state index contributed by atoms with van der Waals surface area (Å²) >= 11 is 0. The van der Waals surface area contributed by atoms with Crippen LogP contribution in [0.3, 0.4) is 0 Å². The van der Waals surface area contributed by atoms with Gasteiger partial charge in [-0.15, -0.1) is 0 Å². The van der Waals surface area contributed by atoms with Crippen LogP contribution in [0.1, 0.15) is 12.5 Å². The van der Waals surface area contributed by atoms with Crippen molar-refractivity contribution in [1.82, 2.24) is 0 Å². The highest BCUT2D eigenvalue weighted by Gasteiger charge is 2.23. The lowest BCUT2D eigenvalue weighted by atomic mass is 10.0. The van der Waals surface area contributed by atoms with Gasteiger partial charge in [0.2, 0.25) is 0 Å². The van der Waals surface area contributed by atoms with E-state index >= 15 is 0 Å². The van der Waals surface area contributed by atoms with Crippen LogP contribution in [0.15, 0.2) is 6.07 Å². The number of nitro groups is 1. The van der Waals surface area contributed by atoms with Crippen LogP contribution in [0, 0.1) is 15.9 Å². The van der Waals surface area contributed by atoms with Crippen LogP contribution in [0.25, 0.3) is 0 Å². The molecule has 0 aliphatic rings. The first-order valence-electron chi connectivity index (χ1n) is 4.53. The van der Waals surface area contributed by atoms with E-state index in [1.54, 1.807) is 0 Å². The minimum absolute atomic E-state index is 0.0871. The van der Waals surface area contributed by atoms with E-state index in [1.165, 1.54) is 6.92 Å². The van der Waals surface area contributed by atoms with Gasteiger partial charge in [0.15, 0.2) is 0 Å². The maximum absolute atomic E-state index is 13.4. The number of nitro benzene ring substituents is 1. The normalized spacial score (nSPS) is 12.4. The highest BCUT2D eigenvalue weighted by molar-refractivity contribution is 5.76. The van der Waals surface area contributed by atoms with Crippen molar-refractivity contribution in [2.24, 2.45) is 0 Å². The highest BCUT2D eigenvalue weighted by Crippen LogP contribution is 2.34. The molecule has 0 aromatic heterocycles. The van der Waals surface area contributed by atoms with Gasteiger partial charge in [-0.25, -0.2) is 4.39 Å². The molecule has 1 unspecified atom stereocenters. The summed E-state index contributed by atoms with van der Waals surface area (Å²) in [7, 11) is 0. The fraction of sp³-hybridized carbons (Fsp3) is 0.333. The first-order valence-corrected chi connectivity index (χ1v) is 4.53. The fourth-order valence-electron chi connectivity index (χ4n) is 1.43. The summed E-state index contributed by atoms with van der Waals surface area (Å²) < 4.78 is 13.4. The van der Waals surface area contributed by atoms with Gasteiger partial charge in [-0.3, -0.25) is 10.1 Å². The number of aliphatic hydroxyl groups is 1. The zero-order chi connectivity index (χ0) is 12.5. The van der Waals surface area contributed by atoms with Crippen molar-refractivity contribution in [3.63, 3.8) is 0 Å². The average Bonchev–Trinajstić information content (AvgIpc) is 2.10. The zero-order valence-electron chi connectivity index (χ0n) is 8.61. The summed E-state index contributed by atoms with van der Waals surface area (Å²) in [6, 6.07) is 0.839. The summed E-state index contributed by atoms with van der Waals surface area (Å²) in [4.78, 5) is 9.88. The lowest BCUT2D eigenvalue weighted by Crippen LogP contribution is -2.12. The fourth-order valence-corrected chi connectivity index (χ4v) is 1.43. The molecule has 0 saturated heterocycles. The smallest absolute Gasteiger partial charge is 0.315 e. The third-order valence-corrected chi connectivity index (χ3v) is 2.11. The van der Waals surface area contributed by atoms with Crippen molar-refractivity contribution in [3.05, 3.63) is 27.6 Å². The van der Waals surface area contributed by atoms with Gasteiger partial charge in [0.1, 0.15) is 17.2 Å². The van der Waals surface area contributed by atoms with Crippen LogP contribution in [0.2, 0.25) is 0 Å². The molecule has 16 heavy (non-hydrogen) atoms. The summed E-state index contributed by atoms with van der Waals surface area (Å²) in [5, 5.41) is 19.8. The quantitative estimate of drug-likeness (QED) is 0.403. The number of hydrogen-bond acceptors (Lipinski definition) is 5. The van der Waals surface area contributed by atoms with E-state index in [1.807, 2.05) is 0 Å². The maximum Gasteiger partial charge on any atom is 0.315 e. The standard InChI is InChI=1S/C9H12FN3O3/c1-4(14)2-5-6(10)3-7(11)9(8(5)12)13(15)16/h3-4,14H,2,11-12H2,1H3. The molecular weight excluding hydrogens is 217 g/mol. The number of nitrogens with two attached hydrogens (primary N) is 2. The Morgan fingerprint density at radius 3 is 2.62 bits per heavy atom. The topological polar surface area (TPSA) is 115 Å². The van der Waals surface area contributed by atoms with E-state index in [9.17, 15) is 14.5 Å². The van der Waals surface area contributed by atoms with E-state index in [0.29, 0.717) is 0 Å². The Balaban J connectivity index is 3.39. The summed E-state index contributed by atoms with van der Waals surface area (Å²) in [6.45, 7) is 1.43. The van der Waals surface area contributed by atoms with Gasteiger partial charge >= 0.3 is 5.69 Å². The summed E-state index contributed by atoms with van der Waals surface area (Å²) in [6.07, 6.45) is -0.946. The number of nitrogen functional groups attached to an aromatic ring is 2. The van der Waals surface area contributed by atoms with Crippen molar-refractivity contribution in [3.8, 4) is 0 Å². The Bertz CT molecular complexity index is 434. The number of rotatable bonds is 3. The molecule has 0 spiro atoms. The molecule has 0 aliphatic heterocycles. The monoisotopic (exact) mass is 229 g/mol. The molecule has 0 radical (unpaired) electrons. The third-order valence-electron chi connectivity index (χ3n) is 2.11. The van der Waals surface area contributed by atoms with Gasteiger partial charge in [0.25, 0.3) is 0 Å². The van der Waals surface area contributed by atoms with Gasteiger partial charge in [-0.1, -0.05) is 0 Å². The van der Waals surface area contributed by atoms with Gasteiger partial charge in [-0.05, 0) is 6.92 Å². The third kappa shape index (κ3) is 2.19. The van der Waals surface area contributed by atoms with E-state index < -0.39 is 22.5 Å². The molecule has 0 amide bonds. The van der Waals surface area contributed by atoms with Gasteiger partial charge in [-0.2, -0.15) is 0 Å². The minimum Gasteiger partial charge on any atom is -0.393 e. The first-order chi connectivity index (χ1) is 7.34. The van der Waals surface area contributed by atoms with Crippen molar-refractivity contribution in [2.75, 3.05) is 11.5 Å².